The lowest BCUT2D eigenvalue weighted by atomic mass is 9.79. The van der Waals surface area contributed by atoms with Crippen molar-refractivity contribution in [2.75, 3.05) is 26.7 Å². The van der Waals surface area contributed by atoms with Crippen molar-refractivity contribution in [3.8, 4) is 17.6 Å². The number of rotatable bonds is 9. The number of nitrogens with zero attached hydrogens (tertiary/aromatic N) is 4. The van der Waals surface area contributed by atoms with Crippen LogP contribution in [-0.2, 0) is 11.8 Å². The Bertz CT molecular complexity index is 1250. The summed E-state index contributed by atoms with van der Waals surface area (Å²) in [5.41, 5.74) is 2.55. The minimum Gasteiger partial charge on any atom is -0.497 e. The summed E-state index contributed by atoms with van der Waals surface area (Å²) in [5, 5.41) is 21.3. The van der Waals surface area contributed by atoms with Crippen LogP contribution in [0.1, 0.15) is 49.5 Å². The van der Waals surface area contributed by atoms with Gasteiger partial charge in [-0.05, 0) is 79.8 Å². The maximum absolute atomic E-state index is 11.3. The smallest absolute Gasteiger partial charge is 0.303 e. The van der Waals surface area contributed by atoms with Crippen LogP contribution in [-0.4, -0.2) is 62.4 Å². The summed E-state index contributed by atoms with van der Waals surface area (Å²) in [6.45, 7) is 2.39. The molecule has 2 N–H and O–H groups in total. The Labute approximate surface area is 211 Å². The molecule has 1 aliphatic rings. The van der Waals surface area contributed by atoms with E-state index in [4.69, 9.17) is 4.74 Å². The van der Waals surface area contributed by atoms with Crippen LogP contribution >= 0.6 is 0 Å². The van der Waals surface area contributed by atoms with Gasteiger partial charge in [0.15, 0.2) is 0 Å². The van der Waals surface area contributed by atoms with Crippen molar-refractivity contribution in [2.45, 2.75) is 38.2 Å². The Morgan fingerprint density at radius 3 is 2.89 bits per heavy atom. The second kappa shape index (κ2) is 12.0. The first kappa shape index (κ1) is 25.7. The lowest BCUT2D eigenvalue weighted by Crippen LogP contribution is -2.41. The molecule has 8 heteroatoms. The molecule has 190 valence electrons. The Morgan fingerprint density at radius 2 is 2.14 bits per heavy atom. The van der Waals surface area contributed by atoms with Crippen LogP contribution in [0.2, 0.25) is 0 Å². The molecule has 0 radical (unpaired) electrons. The quantitative estimate of drug-likeness (QED) is 0.442. The Morgan fingerprint density at radius 1 is 1.28 bits per heavy atom. The molecule has 0 saturated carbocycles. The van der Waals surface area contributed by atoms with E-state index in [1.165, 1.54) is 0 Å². The van der Waals surface area contributed by atoms with E-state index >= 15 is 0 Å². The Balaban J connectivity index is 1.40. The average molecular weight is 491 g/mol. The fraction of sp³-hybridized carbons (Fsp3) is 0.464. The normalized spacial score (nSPS) is 19.0. The van der Waals surface area contributed by atoms with E-state index in [2.05, 4.69) is 26.7 Å². The fourth-order valence-electron chi connectivity index (χ4n) is 5.13. The topological polar surface area (TPSA) is 101 Å². The molecule has 36 heavy (non-hydrogen) atoms. The van der Waals surface area contributed by atoms with Crippen molar-refractivity contribution < 1.29 is 19.7 Å². The number of pyridine rings is 1. The van der Waals surface area contributed by atoms with Crippen LogP contribution in [0.25, 0.3) is 10.9 Å². The number of benzene rings is 1. The highest BCUT2D eigenvalue weighted by Crippen LogP contribution is 2.35. The van der Waals surface area contributed by atoms with Crippen LogP contribution in [0.3, 0.4) is 0 Å². The van der Waals surface area contributed by atoms with E-state index in [-0.39, 0.29) is 12.3 Å². The van der Waals surface area contributed by atoms with E-state index in [0.29, 0.717) is 25.3 Å². The molecule has 0 amide bonds. The number of carboxylic acid groups (broad SMARTS) is 1. The highest BCUT2D eigenvalue weighted by atomic mass is 16.5. The molecule has 1 aromatic carbocycles. The molecule has 0 bridgehead atoms. The van der Waals surface area contributed by atoms with E-state index in [1.807, 2.05) is 35.9 Å². The van der Waals surface area contributed by atoms with Crippen molar-refractivity contribution in [3.63, 3.8) is 0 Å². The molecule has 1 fully saturated rings. The molecule has 2 aromatic heterocycles. The Hall–Kier alpha value is -3.41. The molecule has 3 atom stereocenters. The van der Waals surface area contributed by atoms with Crippen LogP contribution in [0.15, 0.2) is 43.0 Å². The number of hydrogen-bond donors (Lipinski definition) is 2. The predicted molar refractivity (Wildman–Crippen MR) is 137 cm³/mol. The first-order valence-corrected chi connectivity index (χ1v) is 12.4. The van der Waals surface area contributed by atoms with Gasteiger partial charge in [-0.25, -0.2) is 4.98 Å². The molecular weight excluding hydrogens is 456 g/mol. The summed E-state index contributed by atoms with van der Waals surface area (Å²) in [6, 6.07) is 7.56. The number of methoxy groups -OCH3 is 1. The largest absolute Gasteiger partial charge is 0.497 e. The van der Waals surface area contributed by atoms with Crippen molar-refractivity contribution in [2.24, 2.45) is 18.9 Å². The van der Waals surface area contributed by atoms with Crippen LogP contribution in [0, 0.1) is 23.7 Å². The lowest BCUT2D eigenvalue weighted by molar-refractivity contribution is -0.137. The number of aryl methyl sites for hydroxylation is 1. The number of fused-ring (bicyclic) bond motifs is 1. The summed E-state index contributed by atoms with van der Waals surface area (Å²) in [6.07, 6.45) is 7.82. The second-order valence-electron chi connectivity index (χ2n) is 9.54. The third-order valence-electron chi connectivity index (χ3n) is 7.19. The van der Waals surface area contributed by atoms with E-state index < -0.39 is 12.1 Å². The van der Waals surface area contributed by atoms with Gasteiger partial charge < -0.3 is 19.5 Å². The maximum Gasteiger partial charge on any atom is 0.303 e. The molecule has 0 unspecified atom stereocenters. The monoisotopic (exact) mass is 490 g/mol. The molecule has 1 aliphatic heterocycles. The van der Waals surface area contributed by atoms with E-state index in [1.54, 1.807) is 25.8 Å². The highest BCUT2D eigenvalue weighted by molar-refractivity contribution is 5.83. The van der Waals surface area contributed by atoms with Gasteiger partial charge in [-0.1, -0.05) is 5.92 Å². The van der Waals surface area contributed by atoms with Gasteiger partial charge in [-0.3, -0.25) is 14.7 Å². The van der Waals surface area contributed by atoms with Crippen LogP contribution < -0.4 is 4.74 Å². The maximum atomic E-state index is 11.3. The summed E-state index contributed by atoms with van der Waals surface area (Å²) in [4.78, 5) is 22.1. The van der Waals surface area contributed by atoms with Gasteiger partial charge in [0, 0.05) is 31.6 Å². The zero-order valence-corrected chi connectivity index (χ0v) is 20.9. The van der Waals surface area contributed by atoms with Crippen molar-refractivity contribution in [1.29, 1.82) is 0 Å². The molecule has 1 saturated heterocycles. The third-order valence-corrected chi connectivity index (χ3v) is 7.19. The zero-order valence-electron chi connectivity index (χ0n) is 20.9. The number of carbonyl (C=O) groups is 1. The number of aromatic nitrogens is 3. The molecule has 4 rings (SSSR count). The molecule has 3 heterocycles. The van der Waals surface area contributed by atoms with Crippen molar-refractivity contribution in [1.82, 2.24) is 19.4 Å². The first-order chi connectivity index (χ1) is 17.4. The number of hydrogen-bond acceptors (Lipinski definition) is 6. The van der Waals surface area contributed by atoms with E-state index in [9.17, 15) is 15.0 Å². The number of aliphatic carboxylic acids is 1. The minimum absolute atomic E-state index is 0.160. The van der Waals surface area contributed by atoms with Gasteiger partial charge >= 0.3 is 5.97 Å². The summed E-state index contributed by atoms with van der Waals surface area (Å²) >= 11 is 0. The van der Waals surface area contributed by atoms with Crippen LogP contribution in [0.4, 0.5) is 0 Å². The molecule has 8 nitrogen and oxygen atoms in total. The predicted octanol–water partition coefficient (Wildman–Crippen LogP) is 3.65. The number of aliphatic hydroxyl groups is 1. The molecule has 0 spiro atoms. The Kier molecular flexibility index (Phi) is 8.57. The van der Waals surface area contributed by atoms with Gasteiger partial charge in [-0.2, -0.15) is 0 Å². The number of likely N-dealkylation sites (tertiary alicyclic amines) is 1. The van der Waals surface area contributed by atoms with Gasteiger partial charge in [0.25, 0.3) is 0 Å². The molecular formula is C28H34N4O4. The highest BCUT2D eigenvalue weighted by Gasteiger charge is 2.30. The first-order valence-electron chi connectivity index (χ1n) is 12.4. The SMILES string of the molecule is COc1ccc2nccc([C@H](O)CC[C@@H]3CCN(CC#Cc4cncn4C)C[C@H]3CCC(=O)O)c2c1. The number of carboxylic acids is 1. The number of imidazole rings is 1. The lowest BCUT2D eigenvalue weighted by Gasteiger charge is -2.38. The number of ether oxygens (including phenoxy) is 1. The van der Waals surface area contributed by atoms with Gasteiger partial charge in [0.2, 0.25) is 0 Å². The summed E-state index contributed by atoms with van der Waals surface area (Å²) < 4.78 is 7.25. The number of aliphatic hydroxyl groups excluding tert-OH is 1. The minimum atomic E-state index is -0.765. The summed E-state index contributed by atoms with van der Waals surface area (Å²) in [7, 11) is 3.55. The van der Waals surface area contributed by atoms with Crippen molar-refractivity contribution >= 4 is 16.9 Å². The number of piperidine rings is 1. The van der Waals surface area contributed by atoms with Gasteiger partial charge in [0.05, 0.1) is 37.8 Å². The third kappa shape index (κ3) is 6.42. The zero-order chi connectivity index (χ0) is 25.5. The van der Waals surface area contributed by atoms with Gasteiger partial charge in [0.1, 0.15) is 11.4 Å². The second-order valence-corrected chi connectivity index (χ2v) is 9.54. The van der Waals surface area contributed by atoms with E-state index in [0.717, 1.165) is 53.8 Å². The van der Waals surface area contributed by atoms with Crippen LogP contribution in [0.5, 0.6) is 5.75 Å². The fourth-order valence-corrected chi connectivity index (χ4v) is 5.13. The summed E-state index contributed by atoms with van der Waals surface area (Å²) in [5.74, 6) is 7.00. The standard InChI is InChI=1S/C28H34N4O4/c1-31-19-29-17-22(31)4-3-14-32-15-12-20(21(18-32)6-10-28(34)35)5-9-27(33)24-11-13-30-26-8-7-23(36-2)16-25(24)26/h7-8,11,13,16-17,19-21,27,33H,5-6,9-10,12,14-15,18H2,1-2H3,(H,34,35)/t20-,21-,27-/m1/s1. The van der Waals surface area contributed by atoms with Gasteiger partial charge in [-0.15, -0.1) is 0 Å². The average Bonchev–Trinajstić information content (AvgIpc) is 3.30. The molecule has 3 aromatic rings. The molecule has 0 aliphatic carbocycles. The van der Waals surface area contributed by atoms with Crippen molar-refractivity contribution in [3.05, 3.63) is 54.2 Å².